The molecule has 0 saturated heterocycles. The van der Waals surface area contributed by atoms with E-state index in [1.54, 1.807) is 35.2 Å². The Hall–Kier alpha value is -2.25. The maximum Gasteiger partial charge on any atom is 0.239 e. The molecule has 2 amide bonds. The van der Waals surface area contributed by atoms with Gasteiger partial charge in [0.1, 0.15) is 5.82 Å². The minimum absolute atomic E-state index is 0.00609. The van der Waals surface area contributed by atoms with Crippen LogP contribution >= 0.6 is 15.9 Å². The standard InChI is InChI=1S/C19H23BrN4O2/c1-3-24(12-15-7-5-4-6-8-15)19(26)14-23(2)13-18(25)22-17-10-9-16(20)11-21-17/h4-11H,3,12-14H2,1-2H3,(H,21,22,25). The first-order valence-corrected chi connectivity index (χ1v) is 9.19. The molecule has 1 aromatic heterocycles. The Morgan fingerprint density at radius 3 is 2.46 bits per heavy atom. The van der Waals surface area contributed by atoms with E-state index in [0.717, 1.165) is 10.0 Å². The zero-order chi connectivity index (χ0) is 18.9. The number of aromatic nitrogens is 1. The molecular weight excluding hydrogens is 396 g/mol. The van der Waals surface area contributed by atoms with Gasteiger partial charge in [-0.3, -0.25) is 14.5 Å². The lowest BCUT2D eigenvalue weighted by Crippen LogP contribution is -2.41. The number of benzene rings is 1. The lowest BCUT2D eigenvalue weighted by molar-refractivity contribution is -0.132. The molecule has 0 spiro atoms. The van der Waals surface area contributed by atoms with Crippen molar-refractivity contribution >= 4 is 33.6 Å². The number of nitrogens with one attached hydrogen (secondary N) is 1. The summed E-state index contributed by atoms with van der Waals surface area (Å²) in [5.41, 5.74) is 1.09. The quantitative estimate of drug-likeness (QED) is 0.715. The Bertz CT molecular complexity index is 722. The zero-order valence-corrected chi connectivity index (χ0v) is 16.6. The van der Waals surface area contributed by atoms with Crippen LogP contribution in [0.1, 0.15) is 12.5 Å². The molecule has 0 bridgehead atoms. The molecule has 0 radical (unpaired) electrons. The fourth-order valence-corrected chi connectivity index (χ4v) is 2.68. The van der Waals surface area contributed by atoms with E-state index >= 15 is 0 Å². The highest BCUT2D eigenvalue weighted by Gasteiger charge is 2.16. The molecule has 1 heterocycles. The van der Waals surface area contributed by atoms with Gasteiger partial charge in [0.05, 0.1) is 13.1 Å². The van der Waals surface area contributed by atoms with Gasteiger partial charge in [-0.1, -0.05) is 30.3 Å². The van der Waals surface area contributed by atoms with E-state index in [4.69, 9.17) is 0 Å². The highest BCUT2D eigenvalue weighted by molar-refractivity contribution is 9.10. The summed E-state index contributed by atoms with van der Waals surface area (Å²) >= 11 is 3.30. The molecule has 2 rings (SSSR count). The van der Waals surface area contributed by atoms with Gasteiger partial charge in [-0.2, -0.15) is 0 Å². The molecule has 2 aromatic rings. The topological polar surface area (TPSA) is 65.5 Å². The van der Waals surface area contributed by atoms with Gasteiger partial charge in [0.25, 0.3) is 0 Å². The summed E-state index contributed by atoms with van der Waals surface area (Å²) in [6.07, 6.45) is 1.62. The number of likely N-dealkylation sites (N-methyl/N-ethyl adjacent to an activating group) is 2. The first-order valence-electron chi connectivity index (χ1n) is 8.39. The van der Waals surface area contributed by atoms with Crippen LogP contribution in [0.4, 0.5) is 5.82 Å². The van der Waals surface area contributed by atoms with Crippen molar-refractivity contribution in [2.24, 2.45) is 0 Å². The molecule has 1 N–H and O–H groups in total. The fourth-order valence-electron chi connectivity index (χ4n) is 2.44. The number of rotatable bonds is 8. The van der Waals surface area contributed by atoms with Crippen molar-refractivity contribution in [1.29, 1.82) is 0 Å². The van der Waals surface area contributed by atoms with E-state index in [2.05, 4.69) is 26.2 Å². The summed E-state index contributed by atoms with van der Waals surface area (Å²) in [7, 11) is 1.75. The monoisotopic (exact) mass is 418 g/mol. The predicted octanol–water partition coefficient (Wildman–Crippen LogP) is 2.76. The van der Waals surface area contributed by atoms with Crippen molar-refractivity contribution in [2.45, 2.75) is 13.5 Å². The molecule has 0 saturated carbocycles. The van der Waals surface area contributed by atoms with Crippen molar-refractivity contribution in [3.05, 3.63) is 58.7 Å². The number of pyridine rings is 1. The fraction of sp³-hybridized carbons (Fsp3) is 0.316. The van der Waals surface area contributed by atoms with Gasteiger partial charge in [-0.15, -0.1) is 0 Å². The number of hydrogen-bond acceptors (Lipinski definition) is 4. The van der Waals surface area contributed by atoms with Crippen LogP contribution < -0.4 is 5.32 Å². The number of hydrogen-bond donors (Lipinski definition) is 1. The van der Waals surface area contributed by atoms with Crippen LogP contribution in [-0.4, -0.2) is 53.3 Å². The highest BCUT2D eigenvalue weighted by atomic mass is 79.9. The van der Waals surface area contributed by atoms with E-state index in [1.807, 2.05) is 37.3 Å². The first-order chi connectivity index (χ1) is 12.5. The van der Waals surface area contributed by atoms with Gasteiger partial charge < -0.3 is 10.2 Å². The van der Waals surface area contributed by atoms with E-state index in [-0.39, 0.29) is 24.9 Å². The summed E-state index contributed by atoms with van der Waals surface area (Å²) in [4.78, 5) is 32.2. The average Bonchev–Trinajstić information content (AvgIpc) is 2.62. The minimum atomic E-state index is -0.207. The van der Waals surface area contributed by atoms with Crippen molar-refractivity contribution < 1.29 is 9.59 Å². The molecule has 0 fully saturated rings. The largest absolute Gasteiger partial charge is 0.338 e. The van der Waals surface area contributed by atoms with Crippen LogP contribution in [0.5, 0.6) is 0 Å². The lowest BCUT2D eigenvalue weighted by Gasteiger charge is -2.24. The predicted molar refractivity (Wildman–Crippen MR) is 106 cm³/mol. The Morgan fingerprint density at radius 2 is 1.85 bits per heavy atom. The molecule has 7 heteroatoms. The van der Waals surface area contributed by atoms with Crippen LogP contribution in [0.2, 0.25) is 0 Å². The minimum Gasteiger partial charge on any atom is -0.338 e. The Labute approximate surface area is 162 Å². The van der Waals surface area contributed by atoms with Crippen LogP contribution in [0.25, 0.3) is 0 Å². The molecular formula is C19H23BrN4O2. The van der Waals surface area contributed by atoms with Gasteiger partial charge in [0.2, 0.25) is 11.8 Å². The summed E-state index contributed by atoms with van der Waals surface area (Å²) in [5, 5.41) is 2.72. The van der Waals surface area contributed by atoms with Crippen molar-refractivity contribution in [3.63, 3.8) is 0 Å². The van der Waals surface area contributed by atoms with Gasteiger partial charge in [0.15, 0.2) is 0 Å². The van der Waals surface area contributed by atoms with Crippen LogP contribution in [-0.2, 0) is 16.1 Å². The van der Waals surface area contributed by atoms with Gasteiger partial charge in [-0.05, 0) is 47.6 Å². The molecule has 1 aromatic carbocycles. The number of nitrogens with zero attached hydrogens (tertiary/aromatic N) is 3. The molecule has 0 aliphatic rings. The number of carbonyl (C=O) groups excluding carboxylic acids is 2. The van der Waals surface area contributed by atoms with E-state index in [0.29, 0.717) is 18.9 Å². The first kappa shape index (κ1) is 20.1. The van der Waals surface area contributed by atoms with Crippen molar-refractivity contribution in [3.8, 4) is 0 Å². The molecule has 26 heavy (non-hydrogen) atoms. The van der Waals surface area contributed by atoms with Gasteiger partial charge in [-0.25, -0.2) is 4.98 Å². The van der Waals surface area contributed by atoms with Crippen LogP contribution in [0, 0.1) is 0 Å². The van der Waals surface area contributed by atoms with E-state index in [9.17, 15) is 9.59 Å². The third-order valence-corrected chi connectivity index (χ3v) is 4.23. The Morgan fingerprint density at radius 1 is 1.12 bits per heavy atom. The Kier molecular flexibility index (Phi) is 7.74. The molecule has 0 atom stereocenters. The normalized spacial score (nSPS) is 10.6. The molecule has 6 nitrogen and oxygen atoms in total. The molecule has 0 unspecified atom stereocenters. The second-order valence-electron chi connectivity index (χ2n) is 5.98. The van der Waals surface area contributed by atoms with Crippen LogP contribution in [0.15, 0.2) is 53.1 Å². The van der Waals surface area contributed by atoms with Gasteiger partial charge >= 0.3 is 0 Å². The lowest BCUT2D eigenvalue weighted by atomic mass is 10.2. The number of carbonyl (C=O) groups is 2. The zero-order valence-electron chi connectivity index (χ0n) is 15.0. The summed E-state index contributed by atoms with van der Waals surface area (Å²) in [6.45, 7) is 3.44. The number of anilines is 1. The Balaban J connectivity index is 1.83. The SMILES string of the molecule is CCN(Cc1ccccc1)C(=O)CN(C)CC(=O)Nc1ccc(Br)cn1. The van der Waals surface area contributed by atoms with Crippen molar-refractivity contribution in [2.75, 3.05) is 32.0 Å². The maximum absolute atomic E-state index is 12.5. The van der Waals surface area contributed by atoms with E-state index in [1.165, 1.54) is 0 Å². The van der Waals surface area contributed by atoms with Crippen LogP contribution in [0.3, 0.4) is 0 Å². The molecule has 0 aliphatic heterocycles. The van der Waals surface area contributed by atoms with Gasteiger partial charge in [0, 0.05) is 23.8 Å². The van der Waals surface area contributed by atoms with Crippen molar-refractivity contribution in [1.82, 2.24) is 14.8 Å². The maximum atomic E-state index is 12.5. The number of halogens is 1. The number of amides is 2. The van der Waals surface area contributed by atoms with E-state index < -0.39 is 0 Å². The third-order valence-electron chi connectivity index (χ3n) is 3.76. The highest BCUT2D eigenvalue weighted by Crippen LogP contribution is 2.10. The summed E-state index contributed by atoms with van der Waals surface area (Å²) in [6, 6.07) is 13.4. The molecule has 0 aliphatic carbocycles. The molecule has 138 valence electrons. The second-order valence-corrected chi connectivity index (χ2v) is 6.89. The summed E-state index contributed by atoms with van der Waals surface area (Å²) < 4.78 is 0.844. The second kappa shape index (κ2) is 10.0. The average molecular weight is 419 g/mol. The smallest absolute Gasteiger partial charge is 0.239 e. The third kappa shape index (κ3) is 6.57. The summed E-state index contributed by atoms with van der Waals surface area (Å²) in [5.74, 6) is 0.270.